The van der Waals surface area contributed by atoms with Gasteiger partial charge in [0, 0.05) is 11.3 Å². The van der Waals surface area contributed by atoms with Crippen LogP contribution in [0.4, 0.5) is 36.8 Å². The van der Waals surface area contributed by atoms with Gasteiger partial charge in [-0.25, -0.2) is 4.79 Å². The highest BCUT2D eigenvalue weighted by Crippen LogP contribution is 2.32. The van der Waals surface area contributed by atoms with Crippen molar-refractivity contribution in [2.75, 3.05) is 12.4 Å². The fraction of sp³-hybridized carbons (Fsp3) is 0.176. The van der Waals surface area contributed by atoms with E-state index in [0.29, 0.717) is 0 Å². The first-order valence-electron chi connectivity index (χ1n) is 7.45. The number of rotatable bonds is 3. The van der Waals surface area contributed by atoms with Crippen LogP contribution in [0.2, 0.25) is 0 Å². The molecule has 0 aromatic heterocycles. The maximum Gasteiger partial charge on any atom is 0.573 e. The molecule has 2 aromatic rings. The molecule has 0 saturated carbocycles. The molecule has 2 amide bonds. The number of benzene rings is 2. The summed E-state index contributed by atoms with van der Waals surface area (Å²) in [4.78, 5) is 15.4. The van der Waals surface area contributed by atoms with Crippen molar-refractivity contribution in [3.63, 3.8) is 0 Å². The maximum absolute atomic E-state index is 13.1. The lowest BCUT2D eigenvalue weighted by Gasteiger charge is -2.13. The minimum atomic E-state index is -4.87. The van der Waals surface area contributed by atoms with Gasteiger partial charge in [0.25, 0.3) is 0 Å². The lowest BCUT2D eigenvalue weighted by Crippen LogP contribution is -2.18. The van der Waals surface area contributed by atoms with E-state index in [4.69, 9.17) is 4.74 Å². The summed E-state index contributed by atoms with van der Waals surface area (Å²) in [5.41, 5.74) is -1.44. The maximum atomic E-state index is 13.1. The average molecular weight is 406 g/mol. The van der Waals surface area contributed by atoms with E-state index in [-0.39, 0.29) is 5.69 Å². The van der Waals surface area contributed by atoms with Gasteiger partial charge < -0.3 is 14.8 Å². The summed E-state index contributed by atoms with van der Waals surface area (Å²) >= 11 is 0. The van der Waals surface area contributed by atoms with E-state index in [0.717, 1.165) is 43.5 Å². The molecule has 150 valence electrons. The molecule has 11 heteroatoms. The van der Waals surface area contributed by atoms with Gasteiger partial charge in [0.15, 0.2) is 0 Å². The molecule has 1 N–H and O–H groups in total. The number of hydrogen-bond acceptors (Lipinski definition) is 3. The summed E-state index contributed by atoms with van der Waals surface area (Å²) in [6, 6.07) is 7.39. The predicted octanol–water partition coefficient (Wildman–Crippen LogP) is 5.23. The molecule has 5 nitrogen and oxygen atoms in total. The molecule has 0 spiro atoms. The molecule has 2 rings (SSSR count). The van der Waals surface area contributed by atoms with E-state index in [1.165, 1.54) is 12.1 Å². The Kier molecular flexibility index (Phi) is 6.16. The third-order valence-electron chi connectivity index (χ3n) is 3.20. The molecule has 0 atom stereocenters. The van der Waals surface area contributed by atoms with Crippen molar-refractivity contribution in [2.24, 2.45) is 4.99 Å². The second kappa shape index (κ2) is 8.19. The van der Waals surface area contributed by atoms with Gasteiger partial charge in [-0.2, -0.15) is 18.2 Å². The van der Waals surface area contributed by atoms with Crippen LogP contribution in [-0.4, -0.2) is 25.4 Å². The first kappa shape index (κ1) is 21.1. The third kappa shape index (κ3) is 5.89. The standard InChI is InChI=1S/C17H12F6N2O3/c1-27-14(12-4-2-3-5-13(12)16(18,19)20)25-15(26)24-10-6-8-11(9-7-10)28-17(21,22)23/h2-9H,1H3,(H,24,26)/b25-14-. The lowest BCUT2D eigenvalue weighted by atomic mass is 10.1. The second-order valence-electron chi connectivity index (χ2n) is 5.17. The van der Waals surface area contributed by atoms with Crippen LogP contribution in [0.25, 0.3) is 0 Å². The van der Waals surface area contributed by atoms with Gasteiger partial charge in [0.1, 0.15) is 5.75 Å². The number of amides is 2. The highest BCUT2D eigenvalue weighted by atomic mass is 19.4. The number of anilines is 1. The minimum absolute atomic E-state index is 0.0443. The number of nitrogens with one attached hydrogen (secondary N) is 1. The van der Waals surface area contributed by atoms with Crippen LogP contribution < -0.4 is 10.1 Å². The van der Waals surface area contributed by atoms with Gasteiger partial charge in [0.05, 0.1) is 12.7 Å². The summed E-state index contributed by atoms with van der Waals surface area (Å²) < 4.78 is 84.0. The lowest BCUT2D eigenvalue weighted by molar-refractivity contribution is -0.274. The first-order chi connectivity index (χ1) is 13.0. The van der Waals surface area contributed by atoms with E-state index >= 15 is 0 Å². The first-order valence-corrected chi connectivity index (χ1v) is 7.45. The van der Waals surface area contributed by atoms with Crippen LogP contribution >= 0.6 is 0 Å². The zero-order valence-electron chi connectivity index (χ0n) is 14.1. The molecule has 28 heavy (non-hydrogen) atoms. The summed E-state index contributed by atoms with van der Waals surface area (Å²) in [7, 11) is 1.04. The van der Waals surface area contributed by atoms with Crippen molar-refractivity contribution in [3.05, 3.63) is 59.7 Å². The Morgan fingerprint density at radius 3 is 2.11 bits per heavy atom. The Balaban J connectivity index is 2.19. The summed E-state index contributed by atoms with van der Waals surface area (Å²) in [5, 5.41) is 2.20. The topological polar surface area (TPSA) is 59.9 Å². The quantitative estimate of drug-likeness (QED) is 0.432. The Labute approximate surface area is 154 Å². The molecule has 2 aromatic carbocycles. The number of halogens is 6. The van der Waals surface area contributed by atoms with Gasteiger partial charge in [0.2, 0.25) is 5.90 Å². The van der Waals surface area contributed by atoms with Crippen LogP contribution in [0.1, 0.15) is 11.1 Å². The molecular formula is C17H12F6N2O3. The van der Waals surface area contributed by atoms with Crippen LogP contribution in [0, 0.1) is 0 Å². The highest BCUT2D eigenvalue weighted by molar-refractivity contribution is 6.05. The minimum Gasteiger partial charge on any atom is -0.480 e. The predicted molar refractivity (Wildman–Crippen MR) is 87.1 cm³/mol. The molecule has 0 heterocycles. The van der Waals surface area contributed by atoms with Gasteiger partial charge >= 0.3 is 18.6 Å². The van der Waals surface area contributed by atoms with Crippen LogP contribution in [0.5, 0.6) is 5.75 Å². The number of aliphatic imine (C=N–C) groups is 1. The molecule has 0 fully saturated rings. The molecule has 0 aliphatic heterocycles. The summed E-state index contributed by atoms with van der Waals surface area (Å²) in [6.07, 6.45) is -9.56. The third-order valence-corrected chi connectivity index (χ3v) is 3.20. The monoisotopic (exact) mass is 406 g/mol. The van der Waals surface area contributed by atoms with Crippen molar-refractivity contribution in [3.8, 4) is 5.75 Å². The molecule has 0 aliphatic carbocycles. The largest absolute Gasteiger partial charge is 0.573 e. The SMILES string of the molecule is CO/C(=N\C(=O)Nc1ccc(OC(F)(F)F)cc1)c1ccccc1C(F)(F)F. The van der Waals surface area contributed by atoms with Gasteiger partial charge in [-0.1, -0.05) is 12.1 Å². The van der Waals surface area contributed by atoms with Crippen molar-refractivity contribution in [1.29, 1.82) is 0 Å². The van der Waals surface area contributed by atoms with E-state index in [9.17, 15) is 31.1 Å². The summed E-state index contributed by atoms with van der Waals surface area (Å²) in [5.74, 6) is -1.09. The van der Waals surface area contributed by atoms with Crippen molar-refractivity contribution in [1.82, 2.24) is 0 Å². The normalized spacial score (nSPS) is 12.5. The van der Waals surface area contributed by atoms with Gasteiger partial charge in [-0.3, -0.25) is 0 Å². The van der Waals surface area contributed by atoms with Gasteiger partial charge in [-0.15, -0.1) is 13.2 Å². The summed E-state index contributed by atoms with van der Waals surface area (Å²) in [6.45, 7) is 0. The van der Waals surface area contributed by atoms with Crippen LogP contribution in [-0.2, 0) is 10.9 Å². The molecule has 0 aliphatic rings. The number of carbonyl (C=O) groups excluding carboxylic acids is 1. The fourth-order valence-electron chi connectivity index (χ4n) is 2.12. The van der Waals surface area contributed by atoms with Crippen molar-refractivity contribution >= 4 is 17.6 Å². The number of urea groups is 1. The highest BCUT2D eigenvalue weighted by Gasteiger charge is 2.35. The Morgan fingerprint density at radius 1 is 0.964 bits per heavy atom. The van der Waals surface area contributed by atoms with E-state index in [1.807, 2.05) is 0 Å². The fourth-order valence-corrected chi connectivity index (χ4v) is 2.12. The smallest absolute Gasteiger partial charge is 0.480 e. The van der Waals surface area contributed by atoms with Crippen LogP contribution in [0.15, 0.2) is 53.5 Å². The van der Waals surface area contributed by atoms with Crippen molar-refractivity contribution in [2.45, 2.75) is 12.5 Å². The van der Waals surface area contributed by atoms with Crippen LogP contribution in [0.3, 0.4) is 0 Å². The Morgan fingerprint density at radius 2 is 1.57 bits per heavy atom. The second-order valence-corrected chi connectivity index (χ2v) is 5.17. The zero-order chi connectivity index (χ0) is 20.9. The van der Waals surface area contributed by atoms with E-state index < -0.39 is 41.3 Å². The molecule has 0 saturated heterocycles. The Hall–Kier alpha value is -3.24. The number of carbonyl (C=O) groups is 1. The number of hydrogen-bond donors (Lipinski definition) is 1. The number of methoxy groups -OCH3 is 1. The molecule has 0 unspecified atom stereocenters. The number of ether oxygens (including phenoxy) is 2. The molecule has 0 bridgehead atoms. The Bertz CT molecular complexity index is 860. The number of nitrogens with zero attached hydrogens (tertiary/aromatic N) is 1. The zero-order valence-corrected chi connectivity index (χ0v) is 14.1. The van der Waals surface area contributed by atoms with Crippen molar-refractivity contribution < 1.29 is 40.6 Å². The van der Waals surface area contributed by atoms with E-state index in [2.05, 4.69) is 15.0 Å². The van der Waals surface area contributed by atoms with Gasteiger partial charge in [-0.05, 0) is 36.4 Å². The molecular weight excluding hydrogens is 394 g/mol. The number of alkyl halides is 6. The average Bonchev–Trinajstić information content (AvgIpc) is 2.59. The van der Waals surface area contributed by atoms with E-state index in [1.54, 1.807) is 0 Å². The molecule has 0 radical (unpaired) electrons.